The first-order chi connectivity index (χ1) is 10.4. The van der Waals surface area contributed by atoms with Crippen LogP contribution in [0, 0.1) is 0 Å². The number of carbonyl (C=O) groups excluding carboxylic acids is 1. The van der Waals surface area contributed by atoms with Crippen LogP contribution in [-0.2, 0) is 6.18 Å². The minimum absolute atomic E-state index is 0.161. The van der Waals surface area contributed by atoms with Crippen LogP contribution in [0.4, 0.5) is 18.0 Å². The van der Waals surface area contributed by atoms with E-state index in [9.17, 15) is 18.0 Å². The van der Waals surface area contributed by atoms with E-state index in [1.807, 2.05) is 19.1 Å². The van der Waals surface area contributed by atoms with Crippen molar-refractivity contribution in [2.45, 2.75) is 19.2 Å². The molecule has 0 spiro atoms. The molecule has 1 saturated heterocycles. The van der Waals surface area contributed by atoms with Crippen LogP contribution < -0.4 is 10.1 Å². The average molecular weight is 314 g/mol. The molecule has 0 bridgehead atoms. The summed E-state index contributed by atoms with van der Waals surface area (Å²) < 4.78 is 43.2. The van der Waals surface area contributed by atoms with Gasteiger partial charge in [-0.15, -0.1) is 0 Å². The molecule has 1 aromatic carbocycles. The number of alkyl halides is 3. The standard InChI is InChI=1S/C15H17F3N2O2/c1-2-3-7-19-14(21)20-9-13(10-20)22-12-6-4-5-11(8-12)15(16,17)18/h2-6,8,13H,7,9-10H2,1H3,(H,19,21)/b3-2+. The maximum atomic E-state index is 12.6. The molecule has 1 heterocycles. The third-order valence-electron chi connectivity index (χ3n) is 3.21. The van der Waals surface area contributed by atoms with Crippen LogP contribution in [0.5, 0.6) is 5.75 Å². The van der Waals surface area contributed by atoms with E-state index in [2.05, 4.69) is 5.32 Å². The van der Waals surface area contributed by atoms with E-state index in [0.717, 1.165) is 12.1 Å². The quantitative estimate of drug-likeness (QED) is 0.868. The van der Waals surface area contributed by atoms with Gasteiger partial charge in [0.1, 0.15) is 11.9 Å². The first kappa shape index (κ1) is 16.2. The summed E-state index contributed by atoms with van der Waals surface area (Å²) in [5.74, 6) is 0.161. The summed E-state index contributed by atoms with van der Waals surface area (Å²) >= 11 is 0. The molecule has 1 aliphatic rings. The van der Waals surface area contributed by atoms with Crippen molar-refractivity contribution in [2.75, 3.05) is 19.6 Å². The molecule has 0 aliphatic carbocycles. The highest BCUT2D eigenvalue weighted by molar-refractivity contribution is 5.75. The van der Waals surface area contributed by atoms with E-state index < -0.39 is 11.7 Å². The highest BCUT2D eigenvalue weighted by Gasteiger charge is 2.33. The highest BCUT2D eigenvalue weighted by atomic mass is 19.4. The van der Waals surface area contributed by atoms with Crippen molar-refractivity contribution in [3.63, 3.8) is 0 Å². The molecular formula is C15H17F3N2O2. The van der Waals surface area contributed by atoms with Gasteiger partial charge in [0.05, 0.1) is 18.7 Å². The molecule has 0 unspecified atom stereocenters. The fraction of sp³-hybridized carbons (Fsp3) is 0.400. The van der Waals surface area contributed by atoms with Crippen LogP contribution >= 0.6 is 0 Å². The normalized spacial score (nSPS) is 15.7. The van der Waals surface area contributed by atoms with Crippen molar-refractivity contribution in [3.8, 4) is 5.75 Å². The summed E-state index contributed by atoms with van der Waals surface area (Å²) in [5, 5.41) is 2.69. The van der Waals surface area contributed by atoms with Crippen molar-refractivity contribution in [1.82, 2.24) is 10.2 Å². The first-order valence-corrected chi connectivity index (χ1v) is 6.88. The molecule has 120 valence electrons. The Hall–Kier alpha value is -2.18. The van der Waals surface area contributed by atoms with Gasteiger partial charge in [0.25, 0.3) is 0 Å². The van der Waals surface area contributed by atoms with Gasteiger partial charge in [-0.2, -0.15) is 13.2 Å². The largest absolute Gasteiger partial charge is 0.487 e. The molecule has 1 fully saturated rings. The minimum atomic E-state index is -4.39. The third-order valence-corrected chi connectivity index (χ3v) is 3.21. The molecule has 0 aromatic heterocycles. The fourth-order valence-corrected chi connectivity index (χ4v) is 1.99. The van der Waals surface area contributed by atoms with Gasteiger partial charge in [-0.25, -0.2) is 4.79 Å². The second-order valence-corrected chi connectivity index (χ2v) is 4.93. The maximum absolute atomic E-state index is 12.6. The van der Waals surface area contributed by atoms with Gasteiger partial charge in [-0.05, 0) is 25.1 Å². The van der Waals surface area contributed by atoms with Crippen LogP contribution in [0.2, 0.25) is 0 Å². The Bertz CT molecular complexity index is 552. The van der Waals surface area contributed by atoms with Crippen LogP contribution in [-0.4, -0.2) is 36.7 Å². The number of halogens is 3. The molecule has 2 amide bonds. The highest BCUT2D eigenvalue weighted by Crippen LogP contribution is 2.31. The number of urea groups is 1. The number of likely N-dealkylation sites (tertiary alicyclic amines) is 1. The molecule has 2 rings (SSSR count). The molecule has 0 radical (unpaired) electrons. The first-order valence-electron chi connectivity index (χ1n) is 6.88. The van der Waals surface area contributed by atoms with Gasteiger partial charge in [0.15, 0.2) is 0 Å². The van der Waals surface area contributed by atoms with Gasteiger partial charge in [-0.3, -0.25) is 0 Å². The van der Waals surface area contributed by atoms with Crippen molar-refractivity contribution in [3.05, 3.63) is 42.0 Å². The average Bonchev–Trinajstić information content (AvgIpc) is 2.42. The molecule has 1 aromatic rings. The number of nitrogens with zero attached hydrogens (tertiary/aromatic N) is 1. The van der Waals surface area contributed by atoms with Gasteiger partial charge in [0, 0.05) is 6.54 Å². The van der Waals surface area contributed by atoms with Crippen LogP contribution in [0.15, 0.2) is 36.4 Å². The van der Waals surface area contributed by atoms with Gasteiger partial charge in [-0.1, -0.05) is 18.2 Å². The molecular weight excluding hydrogens is 297 g/mol. The van der Waals surface area contributed by atoms with Gasteiger partial charge in [0.2, 0.25) is 0 Å². The number of benzene rings is 1. The Balaban J connectivity index is 1.82. The molecule has 22 heavy (non-hydrogen) atoms. The number of amides is 2. The lowest BCUT2D eigenvalue weighted by molar-refractivity contribution is -0.137. The van der Waals surface area contributed by atoms with E-state index >= 15 is 0 Å². The fourth-order valence-electron chi connectivity index (χ4n) is 1.99. The molecule has 1 aliphatic heterocycles. The number of rotatable bonds is 4. The van der Waals surface area contributed by atoms with E-state index in [0.29, 0.717) is 19.6 Å². The summed E-state index contributed by atoms with van der Waals surface area (Å²) in [6.45, 7) is 3.02. The van der Waals surface area contributed by atoms with Crippen LogP contribution in [0.1, 0.15) is 12.5 Å². The zero-order valence-electron chi connectivity index (χ0n) is 12.1. The zero-order chi connectivity index (χ0) is 16.2. The summed E-state index contributed by atoms with van der Waals surface area (Å²) in [5.41, 5.74) is -0.745. The Labute approximate surface area is 126 Å². The molecule has 0 atom stereocenters. The molecule has 1 N–H and O–H groups in total. The van der Waals surface area contributed by atoms with Crippen LogP contribution in [0.25, 0.3) is 0 Å². The lowest BCUT2D eigenvalue weighted by atomic mass is 10.1. The number of hydrogen-bond acceptors (Lipinski definition) is 2. The lowest BCUT2D eigenvalue weighted by Gasteiger charge is -2.38. The second kappa shape index (κ2) is 6.72. The smallest absolute Gasteiger partial charge is 0.416 e. The number of allylic oxidation sites excluding steroid dienone is 1. The summed E-state index contributed by atoms with van der Waals surface area (Å²) in [4.78, 5) is 13.2. The second-order valence-electron chi connectivity index (χ2n) is 4.93. The minimum Gasteiger partial charge on any atom is -0.487 e. The molecule has 7 heteroatoms. The van der Waals surface area contributed by atoms with Crippen molar-refractivity contribution in [2.24, 2.45) is 0 Å². The van der Waals surface area contributed by atoms with Gasteiger partial charge >= 0.3 is 12.2 Å². The van der Waals surface area contributed by atoms with Crippen molar-refractivity contribution >= 4 is 6.03 Å². The number of nitrogens with one attached hydrogen (secondary N) is 1. The van der Waals surface area contributed by atoms with Crippen molar-refractivity contribution < 1.29 is 22.7 Å². The predicted octanol–water partition coefficient (Wildman–Crippen LogP) is 3.05. The maximum Gasteiger partial charge on any atom is 0.416 e. The van der Waals surface area contributed by atoms with E-state index in [4.69, 9.17) is 4.74 Å². The summed E-state index contributed by atoms with van der Waals surface area (Å²) in [6, 6.07) is 4.54. The van der Waals surface area contributed by atoms with E-state index in [1.165, 1.54) is 12.1 Å². The molecule has 4 nitrogen and oxygen atoms in total. The van der Waals surface area contributed by atoms with Gasteiger partial charge < -0.3 is 15.0 Å². The van der Waals surface area contributed by atoms with E-state index in [-0.39, 0.29) is 17.9 Å². The van der Waals surface area contributed by atoms with Crippen molar-refractivity contribution in [1.29, 1.82) is 0 Å². The Morgan fingerprint density at radius 3 is 2.82 bits per heavy atom. The van der Waals surface area contributed by atoms with E-state index in [1.54, 1.807) is 4.90 Å². The predicted molar refractivity (Wildman–Crippen MR) is 75.6 cm³/mol. The number of carbonyl (C=O) groups is 1. The Morgan fingerprint density at radius 1 is 1.45 bits per heavy atom. The summed E-state index contributed by atoms with van der Waals surface area (Å²) in [6.07, 6.45) is -1.03. The zero-order valence-corrected chi connectivity index (χ0v) is 12.1. The topological polar surface area (TPSA) is 41.6 Å². The lowest BCUT2D eigenvalue weighted by Crippen LogP contribution is -2.58. The number of ether oxygens (including phenoxy) is 1. The Kier molecular flexibility index (Phi) is 4.95. The monoisotopic (exact) mass is 314 g/mol. The molecule has 0 saturated carbocycles. The van der Waals surface area contributed by atoms with Crippen LogP contribution in [0.3, 0.4) is 0 Å². The third kappa shape index (κ3) is 4.16. The summed E-state index contributed by atoms with van der Waals surface area (Å²) in [7, 11) is 0. The Morgan fingerprint density at radius 2 is 2.18 bits per heavy atom. The SMILES string of the molecule is C/C=C/CNC(=O)N1CC(Oc2cccc(C(F)(F)F)c2)C1. The number of hydrogen-bond donors (Lipinski definition) is 1.